The molecule has 7 atom stereocenters. The fraction of sp³-hybridized carbons (Fsp3) is 0.867. The maximum Gasteiger partial charge on any atom is 0.305 e. The Morgan fingerprint density at radius 3 is 1.24 bits per heavy atom. The number of nitrogens with one attached hydrogen (secondary N) is 1. The lowest BCUT2D eigenvalue weighted by Gasteiger charge is -2.40. The van der Waals surface area contributed by atoms with Crippen molar-refractivity contribution < 1.29 is 49.3 Å². The number of amides is 1. The SMILES string of the molecule is CCCCC/C=C/CC/C=C/C(O)C(COC1OC(CO)C(O)C(O)C1O)NC(=O)CCCCCCCCCCCCCCCCC/C=C\C/C=C\CCCCCCCCCCCOC(=O)CCCCCCCCCCCCCCCCCCCC. The van der Waals surface area contributed by atoms with Gasteiger partial charge in [-0.2, -0.15) is 0 Å². The van der Waals surface area contributed by atoms with Crippen molar-refractivity contribution in [1.29, 1.82) is 0 Å². The topological polar surface area (TPSA) is 175 Å². The van der Waals surface area contributed by atoms with Gasteiger partial charge in [0.15, 0.2) is 6.29 Å². The van der Waals surface area contributed by atoms with Crippen molar-refractivity contribution in [1.82, 2.24) is 5.32 Å². The number of carbonyl (C=O) groups excluding carboxylic acids is 2. The lowest BCUT2D eigenvalue weighted by molar-refractivity contribution is -0.302. The molecule has 0 aromatic heterocycles. The summed E-state index contributed by atoms with van der Waals surface area (Å²) in [5.74, 6) is -0.183. The van der Waals surface area contributed by atoms with Crippen molar-refractivity contribution in [2.75, 3.05) is 19.8 Å². The molecule has 1 amide bonds. The summed E-state index contributed by atoms with van der Waals surface area (Å²) in [7, 11) is 0. The molecule has 1 rings (SSSR count). The van der Waals surface area contributed by atoms with E-state index in [1.807, 2.05) is 6.08 Å². The summed E-state index contributed by atoms with van der Waals surface area (Å²) in [6, 6.07) is -0.826. The van der Waals surface area contributed by atoms with Gasteiger partial charge in [0.1, 0.15) is 24.4 Å². The summed E-state index contributed by atoms with van der Waals surface area (Å²) in [5, 5.41) is 54.3. The van der Waals surface area contributed by atoms with Gasteiger partial charge in [0.05, 0.1) is 32.0 Å². The first-order valence-corrected chi connectivity index (χ1v) is 36.9. The van der Waals surface area contributed by atoms with E-state index in [0.717, 1.165) is 57.8 Å². The number of unbranched alkanes of at least 4 members (excludes halogenated alkanes) is 45. The van der Waals surface area contributed by atoms with E-state index in [-0.39, 0.29) is 18.5 Å². The van der Waals surface area contributed by atoms with E-state index in [2.05, 4.69) is 55.6 Å². The van der Waals surface area contributed by atoms with Gasteiger partial charge in [-0.3, -0.25) is 9.59 Å². The minimum absolute atomic E-state index is 0.00960. The first kappa shape index (κ1) is 81.6. The first-order valence-electron chi connectivity index (χ1n) is 36.9. The average Bonchev–Trinajstić information content (AvgIpc) is 3.20. The van der Waals surface area contributed by atoms with E-state index >= 15 is 0 Å². The van der Waals surface area contributed by atoms with Crippen LogP contribution < -0.4 is 5.32 Å². The second-order valence-electron chi connectivity index (χ2n) is 25.6. The summed E-state index contributed by atoms with van der Waals surface area (Å²) in [4.78, 5) is 25.1. The molecule has 504 valence electrons. The Balaban J connectivity index is 1.90. The van der Waals surface area contributed by atoms with Crippen molar-refractivity contribution in [3.8, 4) is 0 Å². The molecule has 0 aliphatic carbocycles. The number of hydrogen-bond donors (Lipinski definition) is 6. The minimum Gasteiger partial charge on any atom is -0.466 e. The molecule has 0 aromatic carbocycles. The van der Waals surface area contributed by atoms with Crippen molar-refractivity contribution in [3.63, 3.8) is 0 Å². The first-order chi connectivity index (χ1) is 42.2. The van der Waals surface area contributed by atoms with E-state index in [1.54, 1.807) is 6.08 Å². The van der Waals surface area contributed by atoms with Crippen molar-refractivity contribution in [2.45, 2.75) is 397 Å². The number of aliphatic hydroxyl groups excluding tert-OH is 5. The average molecular weight is 1210 g/mol. The van der Waals surface area contributed by atoms with Crippen LogP contribution in [0.25, 0.3) is 0 Å². The molecule has 7 unspecified atom stereocenters. The van der Waals surface area contributed by atoms with Crippen LogP contribution in [0.2, 0.25) is 0 Å². The fourth-order valence-corrected chi connectivity index (χ4v) is 11.6. The summed E-state index contributed by atoms with van der Waals surface area (Å²) in [5.41, 5.74) is 0. The second kappa shape index (κ2) is 64.2. The molecule has 0 spiro atoms. The monoisotopic (exact) mass is 1210 g/mol. The summed E-state index contributed by atoms with van der Waals surface area (Å²) < 4.78 is 16.7. The quantitative estimate of drug-likeness (QED) is 0.0195. The molecule has 1 aliphatic heterocycles. The molecule has 0 saturated carbocycles. The number of aliphatic hydroxyl groups is 5. The van der Waals surface area contributed by atoms with Crippen LogP contribution in [0.5, 0.6) is 0 Å². The van der Waals surface area contributed by atoms with Crippen LogP contribution in [0.4, 0.5) is 0 Å². The van der Waals surface area contributed by atoms with Crippen LogP contribution in [0.1, 0.15) is 354 Å². The third-order valence-corrected chi connectivity index (χ3v) is 17.4. The number of allylic oxidation sites excluding steroid dienone is 7. The summed E-state index contributed by atoms with van der Waals surface area (Å²) in [6.07, 6.45) is 74.3. The lowest BCUT2D eigenvalue weighted by atomic mass is 9.99. The molecule has 6 N–H and O–H groups in total. The molecule has 11 nitrogen and oxygen atoms in total. The fourth-order valence-electron chi connectivity index (χ4n) is 11.6. The van der Waals surface area contributed by atoms with Crippen LogP contribution in [0.3, 0.4) is 0 Å². The van der Waals surface area contributed by atoms with Crippen LogP contribution in [-0.4, -0.2) is 100 Å². The van der Waals surface area contributed by atoms with Gasteiger partial charge in [0, 0.05) is 12.8 Å². The van der Waals surface area contributed by atoms with Gasteiger partial charge in [-0.15, -0.1) is 0 Å². The highest BCUT2D eigenvalue weighted by atomic mass is 16.7. The van der Waals surface area contributed by atoms with Gasteiger partial charge in [-0.25, -0.2) is 0 Å². The zero-order valence-electron chi connectivity index (χ0n) is 56.0. The summed E-state index contributed by atoms with van der Waals surface area (Å²) in [6.45, 7) is 4.31. The molecule has 11 heteroatoms. The van der Waals surface area contributed by atoms with Crippen LogP contribution in [0.15, 0.2) is 48.6 Å². The molecular formula is C75H139NO10. The molecule has 86 heavy (non-hydrogen) atoms. The second-order valence-corrected chi connectivity index (χ2v) is 25.6. The number of ether oxygens (including phenoxy) is 3. The van der Waals surface area contributed by atoms with E-state index in [0.29, 0.717) is 19.4 Å². The largest absolute Gasteiger partial charge is 0.466 e. The molecule has 1 aliphatic rings. The highest BCUT2D eigenvalue weighted by Gasteiger charge is 2.44. The van der Waals surface area contributed by atoms with Crippen LogP contribution in [-0.2, 0) is 23.8 Å². The third kappa shape index (κ3) is 52.4. The maximum atomic E-state index is 13.0. The Morgan fingerprint density at radius 1 is 0.430 bits per heavy atom. The third-order valence-electron chi connectivity index (χ3n) is 17.4. The Morgan fingerprint density at radius 2 is 0.791 bits per heavy atom. The number of rotatable bonds is 65. The van der Waals surface area contributed by atoms with Crippen molar-refractivity contribution in [2.24, 2.45) is 0 Å². The Kier molecular flexibility index (Phi) is 60.9. The number of hydrogen-bond acceptors (Lipinski definition) is 10. The highest BCUT2D eigenvalue weighted by molar-refractivity contribution is 5.76. The number of esters is 1. The normalized spacial score (nSPS) is 18.2. The van der Waals surface area contributed by atoms with E-state index < -0.39 is 49.5 Å². The summed E-state index contributed by atoms with van der Waals surface area (Å²) >= 11 is 0. The zero-order chi connectivity index (χ0) is 62.3. The molecule has 1 fully saturated rings. The van der Waals surface area contributed by atoms with Gasteiger partial charge in [0.25, 0.3) is 0 Å². The molecule has 1 heterocycles. The van der Waals surface area contributed by atoms with Gasteiger partial charge in [-0.05, 0) is 77.0 Å². The Labute approximate surface area is 529 Å². The Hall–Kier alpha value is -2.38. The van der Waals surface area contributed by atoms with E-state index in [9.17, 15) is 35.1 Å². The molecule has 0 radical (unpaired) electrons. The van der Waals surface area contributed by atoms with E-state index in [1.165, 1.54) is 270 Å². The van der Waals surface area contributed by atoms with Gasteiger partial charge < -0.3 is 45.1 Å². The van der Waals surface area contributed by atoms with Gasteiger partial charge in [-0.1, -0.05) is 313 Å². The minimum atomic E-state index is -1.58. The molecule has 0 bridgehead atoms. The predicted molar refractivity (Wildman–Crippen MR) is 361 cm³/mol. The highest BCUT2D eigenvalue weighted by Crippen LogP contribution is 2.23. The van der Waals surface area contributed by atoms with Gasteiger partial charge >= 0.3 is 5.97 Å². The molecule has 1 saturated heterocycles. The molecule has 0 aromatic rings. The lowest BCUT2D eigenvalue weighted by Crippen LogP contribution is -2.60. The standard InChI is InChI=1S/C75H139NO10/c1-3-5-7-9-11-13-14-15-16-17-34-37-40-43-47-51-55-59-63-71(80)84-64-60-56-52-48-44-41-38-35-32-30-28-26-24-22-20-18-19-21-23-25-27-29-31-33-36-39-42-46-50-54-58-62-70(79)76-67(68(78)61-57-53-49-45-12-10-8-6-4-2)66-85-75-74(83)73(82)72(81)69(65-77)86-75/h12,20,22,26,28,45,57,61,67-69,72-75,77-78,81-83H,3-11,13-19,21,23-25,27,29-44,46-56,58-60,62-66H2,1-2H3,(H,76,79)/b22-20-,28-26-,45-12+,61-57+. The maximum absolute atomic E-state index is 13.0. The zero-order valence-corrected chi connectivity index (χ0v) is 56.0. The predicted octanol–water partition coefficient (Wildman–Crippen LogP) is 19.1. The van der Waals surface area contributed by atoms with Gasteiger partial charge in [0.2, 0.25) is 5.91 Å². The Bertz CT molecular complexity index is 1570. The number of carbonyl (C=O) groups is 2. The smallest absolute Gasteiger partial charge is 0.305 e. The molecular weight excluding hydrogens is 1070 g/mol. The van der Waals surface area contributed by atoms with Crippen LogP contribution >= 0.6 is 0 Å². The van der Waals surface area contributed by atoms with Crippen molar-refractivity contribution >= 4 is 11.9 Å². The van der Waals surface area contributed by atoms with E-state index in [4.69, 9.17) is 14.2 Å². The van der Waals surface area contributed by atoms with Crippen LogP contribution in [0, 0.1) is 0 Å². The van der Waals surface area contributed by atoms with Crippen molar-refractivity contribution in [3.05, 3.63) is 48.6 Å².